The first-order valence-electron chi connectivity index (χ1n) is 15.1. The maximum atomic E-state index is 12.5. The molecule has 1 aliphatic heterocycles. The van der Waals surface area contributed by atoms with E-state index < -0.39 is 5.97 Å². The van der Waals surface area contributed by atoms with Crippen LogP contribution in [0.15, 0.2) is 31.0 Å². The number of hydrogen-bond donors (Lipinski definition) is 2. The first kappa shape index (κ1) is 29.7. The van der Waals surface area contributed by atoms with Gasteiger partial charge in [-0.15, -0.1) is 10.2 Å². The Bertz CT molecular complexity index is 1850. The van der Waals surface area contributed by atoms with Crippen LogP contribution < -0.4 is 20.1 Å². The van der Waals surface area contributed by atoms with Crippen molar-refractivity contribution in [1.29, 1.82) is 0 Å². The van der Waals surface area contributed by atoms with Crippen LogP contribution in [0.2, 0.25) is 0 Å². The zero-order valence-electron chi connectivity index (χ0n) is 25.6. The molecule has 1 saturated carbocycles. The second-order valence-corrected chi connectivity index (χ2v) is 13.2. The van der Waals surface area contributed by atoms with Crippen molar-refractivity contribution >= 4 is 52.5 Å². The summed E-state index contributed by atoms with van der Waals surface area (Å²) in [6, 6.07) is 3.73. The molecule has 228 valence electrons. The number of carboxylic acid groups (broad SMARTS) is 1. The van der Waals surface area contributed by atoms with Gasteiger partial charge in [0.1, 0.15) is 5.82 Å². The highest BCUT2D eigenvalue weighted by Gasteiger charge is 2.30. The van der Waals surface area contributed by atoms with E-state index in [4.69, 9.17) is 0 Å². The van der Waals surface area contributed by atoms with Crippen molar-refractivity contribution in [2.75, 3.05) is 16.8 Å². The molecule has 4 aromatic heterocycles. The Morgan fingerprint density at radius 3 is 2.68 bits per heavy atom. The Balaban J connectivity index is 1.30. The molecule has 1 fully saturated rings. The van der Waals surface area contributed by atoms with Crippen LogP contribution in [0.25, 0.3) is 23.8 Å². The molecule has 0 spiro atoms. The van der Waals surface area contributed by atoms with Gasteiger partial charge in [-0.1, -0.05) is 56.8 Å². The van der Waals surface area contributed by atoms with E-state index in [1.807, 2.05) is 41.6 Å². The van der Waals surface area contributed by atoms with E-state index in [0.29, 0.717) is 40.0 Å². The fourth-order valence-corrected chi connectivity index (χ4v) is 7.29. The van der Waals surface area contributed by atoms with E-state index in [9.17, 15) is 9.90 Å². The van der Waals surface area contributed by atoms with Crippen molar-refractivity contribution in [3.05, 3.63) is 63.4 Å². The number of aromatic nitrogens is 6. The fourth-order valence-electron chi connectivity index (χ4n) is 6.45. The van der Waals surface area contributed by atoms with E-state index in [1.165, 1.54) is 43.4 Å². The summed E-state index contributed by atoms with van der Waals surface area (Å²) in [4.78, 5) is 23.7. The molecule has 0 radical (unpaired) electrons. The van der Waals surface area contributed by atoms with Crippen molar-refractivity contribution in [3.8, 4) is 11.1 Å². The number of nitrogens with one attached hydrogen (secondary N) is 1. The Labute approximate surface area is 260 Å². The highest BCUT2D eigenvalue weighted by molar-refractivity contribution is 7.13. The summed E-state index contributed by atoms with van der Waals surface area (Å²) >= 11 is 1.48. The van der Waals surface area contributed by atoms with Crippen molar-refractivity contribution in [2.45, 2.75) is 72.3 Å². The number of rotatable bonds is 8. The predicted octanol–water partition coefficient (Wildman–Crippen LogP) is 5.68. The van der Waals surface area contributed by atoms with E-state index in [-0.39, 0.29) is 11.1 Å². The average molecular weight is 611 g/mol. The van der Waals surface area contributed by atoms with Crippen LogP contribution in [-0.4, -0.2) is 47.6 Å². The highest BCUT2D eigenvalue weighted by atomic mass is 32.1. The molecule has 0 saturated heterocycles. The fraction of sp³-hybridized carbons (Fsp3) is 0.394. The molecule has 11 heteroatoms. The molecule has 44 heavy (non-hydrogen) atoms. The lowest BCUT2D eigenvalue weighted by molar-refractivity contribution is 0.0691. The minimum absolute atomic E-state index is 0.00371. The number of fused-ring (bicyclic) bond motifs is 1. The van der Waals surface area contributed by atoms with Crippen LogP contribution in [0.1, 0.15) is 72.8 Å². The van der Waals surface area contributed by atoms with E-state index in [2.05, 4.69) is 50.7 Å². The number of aromatic carboxylic acids is 1. The third kappa shape index (κ3) is 5.63. The molecule has 0 unspecified atom stereocenters. The molecule has 0 bridgehead atoms. The topological polar surface area (TPSA) is 122 Å². The number of hydrogen-bond acceptors (Lipinski definition) is 9. The number of pyridine rings is 1. The van der Waals surface area contributed by atoms with E-state index in [1.54, 1.807) is 12.3 Å². The maximum Gasteiger partial charge on any atom is 0.355 e. The van der Waals surface area contributed by atoms with Gasteiger partial charge in [0.25, 0.3) is 0 Å². The summed E-state index contributed by atoms with van der Waals surface area (Å²) in [5.74, 6) is 0.785. The van der Waals surface area contributed by atoms with Crippen LogP contribution in [0, 0.1) is 19.3 Å². The third-order valence-corrected chi connectivity index (χ3v) is 9.93. The number of carbonyl (C=O) groups is 1. The monoisotopic (exact) mass is 610 g/mol. The Morgan fingerprint density at radius 2 is 1.93 bits per heavy atom. The smallest absolute Gasteiger partial charge is 0.355 e. The number of carboxylic acids is 1. The Morgan fingerprint density at radius 1 is 1.14 bits per heavy atom. The van der Waals surface area contributed by atoms with Gasteiger partial charge in [-0.3, -0.25) is 4.68 Å². The van der Waals surface area contributed by atoms with Crippen LogP contribution >= 0.6 is 11.3 Å². The molecule has 0 atom stereocenters. The molecular weight excluding hydrogens is 572 g/mol. The quantitative estimate of drug-likeness (QED) is 0.259. The highest BCUT2D eigenvalue weighted by Crippen LogP contribution is 2.39. The molecule has 5 heterocycles. The first-order valence-corrected chi connectivity index (χ1v) is 16.0. The Hall–Kier alpha value is -4.38. The summed E-state index contributed by atoms with van der Waals surface area (Å²) in [7, 11) is 0. The lowest BCUT2D eigenvalue weighted by Gasteiger charge is -2.33. The molecule has 2 N–H and O–H groups in total. The number of nitrogens with zero attached hydrogens (tertiary/aromatic N) is 7. The number of allylic oxidation sites excluding steroid dienone is 1. The van der Waals surface area contributed by atoms with Gasteiger partial charge < -0.3 is 15.3 Å². The van der Waals surface area contributed by atoms with E-state index >= 15 is 0 Å². The minimum atomic E-state index is -1.08. The predicted molar refractivity (Wildman–Crippen MR) is 175 cm³/mol. The van der Waals surface area contributed by atoms with Crippen LogP contribution in [-0.2, 0) is 13.0 Å². The summed E-state index contributed by atoms with van der Waals surface area (Å²) in [5.41, 5.74) is 4.56. The number of anilines is 4. The second-order valence-electron chi connectivity index (χ2n) is 12.1. The summed E-state index contributed by atoms with van der Waals surface area (Å²) in [5, 5.41) is 28.7. The standard InChI is InChI=1S/C33H38N8O2S/c1-6-11-26-21(3)35-32(44-26)37-29-20(2)23-12-10-17-40(30(23)39-38-29)27-14-13-24(28(36-27)31(42)43)25-18-34-41(22(25)4)19-33(5)15-8-7-9-16-33/h6,11,13-14,18H,1,3,7-10,12,15-17,19H2,2,4-5H3,(H,42,43)(H,35,37,38)/b26-11+. The SMILES string of the molecule is C=C/C=c1/sc(Nc2nnc3c(c2C)CCCN3c2ccc(-c3cnn(CC4(C)CCCCC4)c3C)c(C(=O)O)n2)nc1=C. The van der Waals surface area contributed by atoms with Gasteiger partial charge in [0.05, 0.1) is 16.1 Å². The van der Waals surface area contributed by atoms with Gasteiger partial charge in [0.15, 0.2) is 22.5 Å². The molecule has 1 aliphatic carbocycles. The molecule has 2 aliphatic rings. The largest absolute Gasteiger partial charge is 0.476 e. The molecule has 0 amide bonds. The molecule has 10 nitrogen and oxygen atoms in total. The number of thiazole rings is 1. The first-order chi connectivity index (χ1) is 21.2. The summed E-state index contributed by atoms with van der Waals surface area (Å²) < 4.78 is 2.97. The molecule has 0 aromatic carbocycles. The van der Waals surface area contributed by atoms with Crippen LogP contribution in [0.4, 0.5) is 22.6 Å². The van der Waals surface area contributed by atoms with Crippen LogP contribution in [0.5, 0.6) is 0 Å². The van der Waals surface area contributed by atoms with Crippen molar-refractivity contribution in [2.24, 2.45) is 5.41 Å². The van der Waals surface area contributed by atoms with Gasteiger partial charge in [-0.05, 0) is 63.2 Å². The van der Waals surface area contributed by atoms with Crippen LogP contribution in [0.3, 0.4) is 0 Å². The summed E-state index contributed by atoms with van der Waals surface area (Å²) in [6.07, 6.45) is 13.2. The van der Waals surface area contributed by atoms with Gasteiger partial charge >= 0.3 is 5.97 Å². The second kappa shape index (κ2) is 12.0. The molecule has 6 rings (SSSR count). The van der Waals surface area contributed by atoms with Gasteiger partial charge in [0, 0.05) is 41.0 Å². The van der Waals surface area contributed by atoms with Gasteiger partial charge in [-0.25, -0.2) is 14.8 Å². The molecular formula is C33H38N8O2S. The lowest BCUT2D eigenvalue weighted by Crippen LogP contribution is -2.28. The summed E-state index contributed by atoms with van der Waals surface area (Å²) in [6.45, 7) is 15.6. The minimum Gasteiger partial charge on any atom is -0.476 e. The Kier molecular flexibility index (Phi) is 8.06. The van der Waals surface area contributed by atoms with E-state index in [0.717, 1.165) is 46.3 Å². The average Bonchev–Trinajstić information content (AvgIpc) is 3.54. The van der Waals surface area contributed by atoms with Crippen molar-refractivity contribution in [3.63, 3.8) is 0 Å². The lowest BCUT2D eigenvalue weighted by atomic mass is 9.76. The normalized spacial score (nSPS) is 16.5. The van der Waals surface area contributed by atoms with Gasteiger partial charge in [-0.2, -0.15) is 5.10 Å². The zero-order chi connectivity index (χ0) is 31.0. The molecule has 4 aromatic rings. The third-order valence-electron chi connectivity index (χ3n) is 8.95. The zero-order valence-corrected chi connectivity index (χ0v) is 26.4. The maximum absolute atomic E-state index is 12.5. The van der Waals surface area contributed by atoms with Gasteiger partial charge in [0.2, 0.25) is 0 Å². The van der Waals surface area contributed by atoms with Crippen molar-refractivity contribution in [1.82, 2.24) is 29.9 Å². The van der Waals surface area contributed by atoms with Crippen molar-refractivity contribution < 1.29 is 9.90 Å².